The van der Waals surface area contributed by atoms with E-state index >= 15 is 0 Å². The number of aromatic nitrogens is 2. The Morgan fingerprint density at radius 2 is 1.90 bits per heavy atom. The summed E-state index contributed by atoms with van der Waals surface area (Å²) in [7, 11) is 0. The first kappa shape index (κ1) is 15.1. The zero-order valence-corrected chi connectivity index (χ0v) is 13.7. The molecule has 1 aromatic heterocycles. The molecule has 20 heavy (non-hydrogen) atoms. The van der Waals surface area contributed by atoms with Gasteiger partial charge in [0.1, 0.15) is 0 Å². The van der Waals surface area contributed by atoms with Crippen molar-refractivity contribution in [2.24, 2.45) is 11.3 Å². The van der Waals surface area contributed by atoms with Gasteiger partial charge in [0, 0.05) is 11.1 Å². The molecule has 0 amide bonds. The second-order valence-corrected chi connectivity index (χ2v) is 5.99. The molecule has 0 N–H and O–H groups in total. The normalized spacial score (nSPS) is 20.5. The number of nitrogens with zero attached hydrogens (tertiary/aromatic N) is 2. The maximum absolute atomic E-state index is 6.33. The Labute approximate surface area is 126 Å². The van der Waals surface area contributed by atoms with Crippen molar-refractivity contribution in [2.45, 2.75) is 41.0 Å². The van der Waals surface area contributed by atoms with Gasteiger partial charge in [-0.15, -0.1) is 0 Å². The van der Waals surface area contributed by atoms with Crippen LogP contribution in [0.3, 0.4) is 0 Å². The van der Waals surface area contributed by atoms with E-state index in [0.29, 0.717) is 11.2 Å². The van der Waals surface area contributed by atoms with Crippen molar-refractivity contribution >= 4 is 28.3 Å². The van der Waals surface area contributed by atoms with E-state index in [4.69, 9.17) is 11.6 Å². The number of fused-ring (bicyclic) bond motifs is 1. The highest BCUT2D eigenvalue weighted by Gasteiger charge is 2.36. The highest BCUT2D eigenvalue weighted by molar-refractivity contribution is 6.29. The van der Waals surface area contributed by atoms with Crippen LogP contribution >= 0.6 is 11.6 Å². The summed E-state index contributed by atoms with van der Waals surface area (Å²) < 4.78 is 2.10. The lowest BCUT2D eigenvalue weighted by molar-refractivity contribution is 0.339. The molecule has 1 aromatic carbocycles. The largest absolute Gasteiger partial charge is 0.287 e. The summed E-state index contributed by atoms with van der Waals surface area (Å²) in [6.45, 7) is 10.8. The van der Waals surface area contributed by atoms with Gasteiger partial charge >= 0.3 is 0 Å². The minimum atomic E-state index is 0.132. The standard InChI is InChI=1S/C15H17ClN2.C2H6/c1-10-8-9-13(15(10,2)3)18-12-7-5-4-6-11(12)17-14(18)16;1-2/h4-7,9-10H,8H2,1-3H3;1-2H3. The molecule has 3 heteroatoms. The first-order valence-electron chi connectivity index (χ1n) is 7.36. The summed E-state index contributed by atoms with van der Waals surface area (Å²) in [4.78, 5) is 4.44. The Morgan fingerprint density at radius 1 is 1.25 bits per heavy atom. The number of para-hydroxylation sites is 2. The van der Waals surface area contributed by atoms with Crippen LogP contribution in [0.2, 0.25) is 5.28 Å². The Morgan fingerprint density at radius 3 is 2.50 bits per heavy atom. The van der Waals surface area contributed by atoms with Gasteiger partial charge in [0.15, 0.2) is 0 Å². The lowest BCUT2D eigenvalue weighted by Crippen LogP contribution is -2.21. The third-order valence-corrected chi connectivity index (χ3v) is 4.57. The van der Waals surface area contributed by atoms with Crippen molar-refractivity contribution in [2.75, 3.05) is 0 Å². The van der Waals surface area contributed by atoms with Gasteiger partial charge in [0.2, 0.25) is 5.28 Å². The van der Waals surface area contributed by atoms with Crippen molar-refractivity contribution in [1.82, 2.24) is 9.55 Å². The van der Waals surface area contributed by atoms with Gasteiger partial charge in [-0.2, -0.15) is 0 Å². The zero-order valence-electron chi connectivity index (χ0n) is 12.9. The molecule has 1 unspecified atom stereocenters. The number of hydrogen-bond acceptors (Lipinski definition) is 1. The number of hydrogen-bond donors (Lipinski definition) is 0. The molecule has 0 fully saturated rings. The molecule has 1 heterocycles. The van der Waals surface area contributed by atoms with Gasteiger partial charge in [-0.3, -0.25) is 4.57 Å². The van der Waals surface area contributed by atoms with E-state index in [0.717, 1.165) is 17.5 Å². The Kier molecular flexibility index (Phi) is 4.24. The average Bonchev–Trinajstić information content (AvgIpc) is 2.89. The molecule has 2 aromatic rings. The molecule has 0 bridgehead atoms. The van der Waals surface area contributed by atoms with E-state index in [1.54, 1.807) is 0 Å². The van der Waals surface area contributed by atoms with Crippen LogP contribution in [0.1, 0.15) is 41.0 Å². The van der Waals surface area contributed by atoms with Gasteiger partial charge < -0.3 is 0 Å². The van der Waals surface area contributed by atoms with Crippen LogP contribution in [0.5, 0.6) is 0 Å². The highest BCUT2D eigenvalue weighted by atomic mass is 35.5. The van der Waals surface area contributed by atoms with Crippen LogP contribution in [0.15, 0.2) is 30.3 Å². The molecule has 0 aliphatic heterocycles. The molecular weight excluding hydrogens is 268 g/mol. The predicted molar refractivity (Wildman–Crippen MR) is 87.9 cm³/mol. The van der Waals surface area contributed by atoms with Crippen LogP contribution < -0.4 is 0 Å². The van der Waals surface area contributed by atoms with Crippen molar-refractivity contribution in [3.8, 4) is 0 Å². The maximum atomic E-state index is 6.33. The van der Waals surface area contributed by atoms with Crippen molar-refractivity contribution in [3.05, 3.63) is 35.6 Å². The monoisotopic (exact) mass is 290 g/mol. The van der Waals surface area contributed by atoms with Crippen LogP contribution in [-0.4, -0.2) is 9.55 Å². The summed E-state index contributed by atoms with van der Waals surface area (Å²) in [6.07, 6.45) is 3.40. The SMILES string of the molecule is CC.CC1CC=C(n2c(Cl)nc3ccccc32)C1(C)C. The molecule has 0 saturated carbocycles. The molecule has 2 nitrogen and oxygen atoms in total. The second-order valence-electron chi connectivity index (χ2n) is 5.65. The van der Waals surface area contributed by atoms with Gasteiger partial charge in [-0.25, -0.2) is 4.98 Å². The van der Waals surface area contributed by atoms with Gasteiger partial charge in [0.05, 0.1) is 11.0 Å². The minimum Gasteiger partial charge on any atom is -0.287 e. The zero-order chi connectivity index (χ0) is 14.9. The Hall–Kier alpha value is -1.28. The minimum absolute atomic E-state index is 0.132. The van der Waals surface area contributed by atoms with E-state index in [-0.39, 0.29) is 5.41 Å². The Balaban J connectivity index is 0.000000704. The van der Waals surface area contributed by atoms with E-state index in [1.165, 1.54) is 5.70 Å². The van der Waals surface area contributed by atoms with Gasteiger partial charge in [-0.05, 0) is 36.1 Å². The molecule has 1 aliphatic rings. The number of allylic oxidation sites excluding steroid dienone is 2. The van der Waals surface area contributed by atoms with E-state index in [9.17, 15) is 0 Å². The van der Waals surface area contributed by atoms with Crippen molar-refractivity contribution < 1.29 is 0 Å². The number of rotatable bonds is 1. The third-order valence-electron chi connectivity index (χ3n) is 4.32. The fourth-order valence-corrected chi connectivity index (χ4v) is 2.98. The summed E-state index contributed by atoms with van der Waals surface area (Å²) in [5, 5.41) is 0.560. The van der Waals surface area contributed by atoms with E-state index in [1.807, 2.05) is 32.0 Å². The lowest BCUT2D eigenvalue weighted by Gasteiger charge is -2.29. The number of imidazole rings is 1. The molecule has 0 saturated heterocycles. The molecule has 1 atom stereocenters. The fourth-order valence-electron chi connectivity index (χ4n) is 2.70. The average molecular weight is 291 g/mol. The number of benzene rings is 1. The third kappa shape index (κ3) is 2.26. The molecule has 0 spiro atoms. The first-order valence-corrected chi connectivity index (χ1v) is 7.73. The molecule has 3 rings (SSSR count). The summed E-state index contributed by atoms with van der Waals surface area (Å²) in [5.74, 6) is 0.629. The van der Waals surface area contributed by atoms with Crippen molar-refractivity contribution in [1.29, 1.82) is 0 Å². The molecule has 108 valence electrons. The summed E-state index contributed by atoms with van der Waals surface area (Å²) in [6, 6.07) is 8.10. The fraction of sp³-hybridized carbons (Fsp3) is 0.471. The smallest absolute Gasteiger partial charge is 0.208 e. The maximum Gasteiger partial charge on any atom is 0.208 e. The summed E-state index contributed by atoms with van der Waals surface area (Å²) in [5.41, 5.74) is 3.45. The van der Waals surface area contributed by atoms with Crippen LogP contribution in [-0.2, 0) is 0 Å². The van der Waals surface area contributed by atoms with Crippen LogP contribution in [0.25, 0.3) is 16.7 Å². The molecule has 0 radical (unpaired) electrons. The lowest BCUT2D eigenvalue weighted by atomic mass is 9.81. The van der Waals surface area contributed by atoms with Crippen molar-refractivity contribution in [3.63, 3.8) is 0 Å². The first-order chi connectivity index (χ1) is 9.51. The van der Waals surface area contributed by atoms with Gasteiger partial charge in [-0.1, -0.05) is 52.8 Å². The second kappa shape index (κ2) is 5.61. The quantitative estimate of drug-likeness (QED) is 0.666. The topological polar surface area (TPSA) is 17.8 Å². The number of halogens is 1. The summed E-state index contributed by atoms with van der Waals surface area (Å²) >= 11 is 6.33. The van der Waals surface area contributed by atoms with Crippen LogP contribution in [0.4, 0.5) is 0 Å². The predicted octanol–water partition coefficient (Wildman–Crippen LogP) is 5.62. The highest BCUT2D eigenvalue weighted by Crippen LogP contribution is 2.47. The van der Waals surface area contributed by atoms with E-state index < -0.39 is 0 Å². The molecule has 1 aliphatic carbocycles. The Bertz CT molecular complexity index is 637. The van der Waals surface area contributed by atoms with Crippen LogP contribution in [0, 0.1) is 11.3 Å². The van der Waals surface area contributed by atoms with E-state index in [2.05, 4.69) is 42.5 Å². The molecular formula is C17H23ClN2. The van der Waals surface area contributed by atoms with Gasteiger partial charge in [0.25, 0.3) is 0 Å².